The van der Waals surface area contributed by atoms with Crippen LogP contribution in [0.2, 0.25) is 0 Å². The largest absolute Gasteiger partial charge is 0.465 e. The Hall–Kier alpha value is -1.48. The number of carbonyl (C=O) groups is 1. The van der Waals surface area contributed by atoms with Crippen molar-refractivity contribution >= 4 is 17.3 Å². The molecule has 6 heteroatoms. The van der Waals surface area contributed by atoms with Crippen LogP contribution >= 0.6 is 11.3 Å². The molecule has 0 saturated carbocycles. The van der Waals surface area contributed by atoms with Gasteiger partial charge in [-0.15, -0.1) is 10.2 Å². The minimum Gasteiger partial charge on any atom is -0.465 e. The Morgan fingerprint density at radius 1 is 1.71 bits per heavy atom. The summed E-state index contributed by atoms with van der Waals surface area (Å²) >= 11 is 1.23. The Bertz CT molecular complexity index is 369. The van der Waals surface area contributed by atoms with Crippen molar-refractivity contribution < 1.29 is 9.53 Å². The zero-order valence-corrected chi connectivity index (χ0v) is 8.67. The van der Waals surface area contributed by atoms with E-state index in [0.717, 1.165) is 5.01 Å². The lowest BCUT2D eigenvalue weighted by atomic mass is 10.2. The van der Waals surface area contributed by atoms with Crippen molar-refractivity contribution in [2.24, 2.45) is 0 Å². The van der Waals surface area contributed by atoms with Crippen molar-refractivity contribution in [2.45, 2.75) is 19.8 Å². The fourth-order valence-electron chi connectivity index (χ4n) is 0.863. The Balaban J connectivity index is 2.83. The van der Waals surface area contributed by atoms with Gasteiger partial charge in [0, 0.05) is 0 Å². The molecule has 0 aliphatic heterocycles. The van der Waals surface area contributed by atoms with Gasteiger partial charge in [0.15, 0.2) is 5.92 Å². The third-order valence-electron chi connectivity index (χ3n) is 1.44. The summed E-state index contributed by atoms with van der Waals surface area (Å²) in [6.07, 6.45) is 0. The van der Waals surface area contributed by atoms with Crippen LogP contribution in [-0.4, -0.2) is 22.8 Å². The molecule has 14 heavy (non-hydrogen) atoms. The predicted octanol–water partition coefficient (Wildman–Crippen LogP) is 1.02. The van der Waals surface area contributed by atoms with Crippen LogP contribution in [0, 0.1) is 18.3 Å². The second-order valence-corrected chi connectivity index (χ2v) is 3.69. The number of esters is 1. The number of nitrogens with zero attached hydrogens (tertiary/aromatic N) is 3. The van der Waals surface area contributed by atoms with Gasteiger partial charge in [0.05, 0.1) is 12.7 Å². The lowest BCUT2D eigenvalue weighted by Gasteiger charge is -2.03. The zero-order valence-electron chi connectivity index (χ0n) is 7.85. The number of rotatable bonds is 3. The molecule has 0 spiro atoms. The van der Waals surface area contributed by atoms with E-state index in [1.807, 2.05) is 6.07 Å². The Labute approximate surface area is 85.3 Å². The molecular weight excluding hydrogens is 202 g/mol. The summed E-state index contributed by atoms with van der Waals surface area (Å²) in [7, 11) is 0. The molecule has 1 aromatic rings. The van der Waals surface area contributed by atoms with Crippen molar-refractivity contribution in [2.75, 3.05) is 6.61 Å². The molecule has 0 amide bonds. The minimum absolute atomic E-state index is 0.259. The van der Waals surface area contributed by atoms with E-state index in [-0.39, 0.29) is 6.61 Å². The van der Waals surface area contributed by atoms with E-state index in [9.17, 15) is 4.79 Å². The van der Waals surface area contributed by atoms with Crippen molar-refractivity contribution in [1.82, 2.24) is 10.2 Å². The first-order valence-electron chi connectivity index (χ1n) is 4.05. The lowest BCUT2D eigenvalue weighted by molar-refractivity contribution is -0.143. The van der Waals surface area contributed by atoms with E-state index in [2.05, 4.69) is 10.2 Å². The molecule has 1 rings (SSSR count). The van der Waals surface area contributed by atoms with Crippen LogP contribution in [0.4, 0.5) is 0 Å². The molecule has 74 valence electrons. The Kier molecular flexibility index (Phi) is 3.54. The summed E-state index contributed by atoms with van der Waals surface area (Å²) in [5.74, 6) is -1.51. The minimum atomic E-state index is -0.943. The fourth-order valence-corrected chi connectivity index (χ4v) is 1.60. The number of aromatic nitrogens is 2. The van der Waals surface area contributed by atoms with Crippen molar-refractivity contribution in [3.63, 3.8) is 0 Å². The average Bonchev–Trinajstić information content (AvgIpc) is 2.54. The standard InChI is InChI=1S/C8H9N3O2S/c1-3-13-8(12)6(4-9)7-11-10-5(2)14-7/h6H,3H2,1-2H3. The molecular formula is C8H9N3O2S. The van der Waals surface area contributed by atoms with Crippen molar-refractivity contribution in [1.29, 1.82) is 5.26 Å². The third-order valence-corrected chi connectivity index (χ3v) is 2.34. The lowest BCUT2D eigenvalue weighted by Crippen LogP contribution is -2.14. The van der Waals surface area contributed by atoms with Crippen molar-refractivity contribution in [3.8, 4) is 6.07 Å². The van der Waals surface area contributed by atoms with Gasteiger partial charge in [-0.3, -0.25) is 4.79 Å². The van der Waals surface area contributed by atoms with E-state index in [1.54, 1.807) is 13.8 Å². The monoisotopic (exact) mass is 211 g/mol. The van der Waals surface area contributed by atoms with Gasteiger partial charge in [0.2, 0.25) is 0 Å². The normalized spacial score (nSPS) is 11.8. The smallest absolute Gasteiger partial charge is 0.330 e. The molecule has 1 atom stereocenters. The topological polar surface area (TPSA) is 75.9 Å². The summed E-state index contributed by atoms with van der Waals surface area (Å²) in [4.78, 5) is 11.3. The highest BCUT2D eigenvalue weighted by atomic mass is 32.1. The predicted molar refractivity (Wildman–Crippen MR) is 49.6 cm³/mol. The van der Waals surface area contributed by atoms with E-state index in [0.29, 0.717) is 5.01 Å². The summed E-state index contributed by atoms with van der Waals surface area (Å²) < 4.78 is 4.74. The average molecular weight is 211 g/mol. The summed E-state index contributed by atoms with van der Waals surface area (Å²) in [5, 5.41) is 17.4. The number of hydrogen-bond donors (Lipinski definition) is 0. The molecule has 0 bridgehead atoms. The van der Waals surface area contributed by atoms with Gasteiger partial charge in [-0.05, 0) is 13.8 Å². The molecule has 0 fully saturated rings. The van der Waals surface area contributed by atoms with Crippen LogP contribution in [0.5, 0.6) is 0 Å². The van der Waals surface area contributed by atoms with Crippen LogP contribution in [-0.2, 0) is 9.53 Å². The maximum atomic E-state index is 11.3. The van der Waals surface area contributed by atoms with Gasteiger partial charge in [-0.25, -0.2) is 0 Å². The molecule has 1 aromatic heterocycles. The second kappa shape index (κ2) is 4.67. The van der Waals surface area contributed by atoms with Gasteiger partial charge in [-0.1, -0.05) is 11.3 Å². The Morgan fingerprint density at radius 3 is 2.86 bits per heavy atom. The highest BCUT2D eigenvalue weighted by Crippen LogP contribution is 2.20. The molecule has 1 heterocycles. The summed E-state index contributed by atoms with van der Waals surface area (Å²) in [6, 6.07) is 1.85. The second-order valence-electron chi connectivity index (χ2n) is 2.47. The van der Waals surface area contributed by atoms with Gasteiger partial charge in [-0.2, -0.15) is 5.26 Å². The van der Waals surface area contributed by atoms with Crippen LogP contribution in [0.3, 0.4) is 0 Å². The SMILES string of the molecule is CCOC(=O)C(C#N)c1nnc(C)s1. The molecule has 5 nitrogen and oxygen atoms in total. The van der Waals surface area contributed by atoms with E-state index >= 15 is 0 Å². The molecule has 0 aromatic carbocycles. The maximum absolute atomic E-state index is 11.3. The number of carbonyl (C=O) groups excluding carboxylic acids is 1. The van der Waals surface area contributed by atoms with Gasteiger partial charge in [0.1, 0.15) is 10.0 Å². The molecule has 0 saturated heterocycles. The number of hydrogen-bond acceptors (Lipinski definition) is 6. The first-order valence-corrected chi connectivity index (χ1v) is 4.87. The van der Waals surface area contributed by atoms with E-state index in [4.69, 9.17) is 10.00 Å². The van der Waals surface area contributed by atoms with Crippen molar-refractivity contribution in [3.05, 3.63) is 10.0 Å². The first-order chi connectivity index (χ1) is 6.69. The number of aryl methyl sites for hydroxylation is 1. The Morgan fingerprint density at radius 2 is 2.43 bits per heavy atom. The summed E-state index contributed by atoms with van der Waals surface area (Å²) in [6.45, 7) is 3.72. The first kappa shape index (κ1) is 10.6. The fraction of sp³-hybridized carbons (Fsp3) is 0.500. The van der Waals surface area contributed by atoms with Crippen LogP contribution in [0.1, 0.15) is 22.9 Å². The van der Waals surface area contributed by atoms with Gasteiger partial charge in [0.25, 0.3) is 0 Å². The summed E-state index contributed by atoms with van der Waals surface area (Å²) in [5.41, 5.74) is 0. The van der Waals surface area contributed by atoms with Gasteiger partial charge >= 0.3 is 5.97 Å². The highest BCUT2D eigenvalue weighted by molar-refractivity contribution is 7.11. The van der Waals surface area contributed by atoms with Gasteiger partial charge < -0.3 is 4.74 Å². The molecule has 0 radical (unpaired) electrons. The molecule has 0 N–H and O–H groups in total. The quantitative estimate of drug-likeness (QED) is 0.697. The molecule has 0 aliphatic rings. The highest BCUT2D eigenvalue weighted by Gasteiger charge is 2.25. The third kappa shape index (κ3) is 2.26. The number of nitriles is 1. The van der Waals surface area contributed by atoms with Crippen LogP contribution in [0.15, 0.2) is 0 Å². The molecule has 0 aliphatic carbocycles. The van der Waals surface area contributed by atoms with Crippen LogP contribution < -0.4 is 0 Å². The van der Waals surface area contributed by atoms with E-state index in [1.165, 1.54) is 11.3 Å². The van der Waals surface area contributed by atoms with Crippen LogP contribution in [0.25, 0.3) is 0 Å². The maximum Gasteiger partial charge on any atom is 0.330 e. The zero-order chi connectivity index (χ0) is 10.6. The van der Waals surface area contributed by atoms with E-state index < -0.39 is 11.9 Å². The number of ether oxygens (including phenoxy) is 1. The molecule has 1 unspecified atom stereocenters.